The molecule has 0 unspecified atom stereocenters. The molecule has 0 aromatic heterocycles. The Kier molecular flexibility index (Phi) is 6.83. The van der Waals surface area contributed by atoms with E-state index >= 15 is 0 Å². The number of hydrogen-bond donors (Lipinski definition) is 1. The van der Waals surface area contributed by atoms with Crippen LogP contribution in [0.3, 0.4) is 0 Å². The van der Waals surface area contributed by atoms with Gasteiger partial charge in [0.15, 0.2) is 12.7 Å². The van der Waals surface area contributed by atoms with E-state index in [1.807, 2.05) is 24.3 Å². The maximum atomic E-state index is 12.1. The monoisotopic (exact) mass is 361 g/mol. The van der Waals surface area contributed by atoms with Crippen LogP contribution in [0.15, 0.2) is 48.5 Å². The molecule has 0 aliphatic carbocycles. The second-order valence-electron chi connectivity index (χ2n) is 5.41. The van der Waals surface area contributed by atoms with Gasteiger partial charge in [0, 0.05) is 10.7 Å². The predicted octanol–water partition coefficient (Wildman–Crippen LogP) is 3.85. The number of amides is 1. The molecular weight excluding hydrogens is 342 g/mol. The molecule has 0 bridgehead atoms. The Hall–Kier alpha value is -2.53. The average molecular weight is 362 g/mol. The van der Waals surface area contributed by atoms with Crippen LogP contribution in [0.5, 0.6) is 5.75 Å². The van der Waals surface area contributed by atoms with Gasteiger partial charge in [-0.2, -0.15) is 0 Å². The summed E-state index contributed by atoms with van der Waals surface area (Å²) >= 11 is 5.77. The Morgan fingerprint density at radius 3 is 2.32 bits per heavy atom. The number of halogens is 1. The summed E-state index contributed by atoms with van der Waals surface area (Å²) in [7, 11) is 0. The van der Waals surface area contributed by atoms with Crippen LogP contribution in [-0.4, -0.2) is 24.6 Å². The SMILES string of the molecule is CCc1ccc(NC(=O)[C@H](C)OC(=O)COc2ccc(Cl)cc2)cc1. The maximum Gasteiger partial charge on any atom is 0.344 e. The van der Waals surface area contributed by atoms with Crippen LogP contribution in [0.25, 0.3) is 0 Å². The summed E-state index contributed by atoms with van der Waals surface area (Å²) in [6.45, 7) is 3.28. The van der Waals surface area contributed by atoms with E-state index < -0.39 is 18.0 Å². The van der Waals surface area contributed by atoms with E-state index in [1.54, 1.807) is 24.3 Å². The zero-order valence-electron chi connectivity index (χ0n) is 14.1. The van der Waals surface area contributed by atoms with Crippen LogP contribution in [0.4, 0.5) is 5.69 Å². The summed E-state index contributed by atoms with van der Waals surface area (Å²) in [5.74, 6) is -0.530. The first kappa shape index (κ1) is 18.8. The van der Waals surface area contributed by atoms with Gasteiger partial charge >= 0.3 is 5.97 Å². The van der Waals surface area contributed by atoms with Gasteiger partial charge in [-0.15, -0.1) is 0 Å². The standard InChI is InChI=1S/C19H20ClNO4/c1-3-14-4-8-16(9-5-14)21-19(23)13(2)25-18(22)12-24-17-10-6-15(20)7-11-17/h4-11,13H,3,12H2,1-2H3,(H,21,23)/t13-/m0/s1. The molecule has 0 spiro atoms. The topological polar surface area (TPSA) is 64.6 Å². The number of ether oxygens (including phenoxy) is 2. The minimum Gasteiger partial charge on any atom is -0.482 e. The molecule has 2 aromatic carbocycles. The van der Waals surface area contributed by atoms with Crippen molar-refractivity contribution in [1.82, 2.24) is 0 Å². The Morgan fingerprint density at radius 2 is 1.72 bits per heavy atom. The van der Waals surface area contributed by atoms with Crippen molar-refractivity contribution in [3.63, 3.8) is 0 Å². The Balaban J connectivity index is 1.78. The molecule has 0 fully saturated rings. The van der Waals surface area contributed by atoms with Gasteiger partial charge in [0.1, 0.15) is 5.75 Å². The molecule has 0 aliphatic heterocycles. The molecule has 2 rings (SSSR count). The molecule has 5 nitrogen and oxygen atoms in total. The third kappa shape index (κ3) is 6.12. The number of aryl methyl sites for hydroxylation is 1. The lowest BCUT2D eigenvalue weighted by atomic mass is 10.1. The fourth-order valence-corrected chi connectivity index (χ4v) is 2.15. The van der Waals surface area contributed by atoms with Gasteiger partial charge in [-0.3, -0.25) is 4.79 Å². The highest BCUT2D eigenvalue weighted by atomic mass is 35.5. The summed E-state index contributed by atoms with van der Waals surface area (Å²) < 4.78 is 10.4. The number of anilines is 1. The molecule has 0 aliphatic rings. The quantitative estimate of drug-likeness (QED) is 0.761. The van der Waals surface area contributed by atoms with E-state index in [9.17, 15) is 9.59 Å². The predicted molar refractivity (Wildman–Crippen MR) is 97.0 cm³/mol. The van der Waals surface area contributed by atoms with Crippen molar-refractivity contribution in [3.8, 4) is 5.75 Å². The van der Waals surface area contributed by atoms with Crippen LogP contribution >= 0.6 is 11.6 Å². The highest BCUT2D eigenvalue weighted by molar-refractivity contribution is 6.30. The maximum absolute atomic E-state index is 12.1. The van der Waals surface area contributed by atoms with Crippen molar-refractivity contribution < 1.29 is 19.1 Å². The van der Waals surface area contributed by atoms with Crippen LogP contribution in [0, 0.1) is 0 Å². The second-order valence-corrected chi connectivity index (χ2v) is 5.85. The summed E-state index contributed by atoms with van der Waals surface area (Å²) in [6, 6.07) is 14.1. The van der Waals surface area contributed by atoms with Gasteiger partial charge in [0.05, 0.1) is 0 Å². The van der Waals surface area contributed by atoms with E-state index in [-0.39, 0.29) is 6.61 Å². The first-order valence-corrected chi connectivity index (χ1v) is 8.33. The summed E-state index contributed by atoms with van der Waals surface area (Å²) in [4.78, 5) is 23.9. The molecule has 1 amide bonds. The molecule has 2 aromatic rings. The summed E-state index contributed by atoms with van der Waals surface area (Å²) in [5.41, 5.74) is 1.83. The van der Waals surface area contributed by atoms with Gasteiger partial charge in [-0.25, -0.2) is 4.79 Å². The molecule has 1 atom stereocenters. The third-order valence-corrected chi connectivity index (χ3v) is 3.73. The van der Waals surface area contributed by atoms with Crippen molar-refractivity contribution in [2.45, 2.75) is 26.4 Å². The van der Waals surface area contributed by atoms with Crippen LogP contribution in [0.1, 0.15) is 19.4 Å². The van der Waals surface area contributed by atoms with Crippen LogP contribution < -0.4 is 10.1 Å². The number of rotatable bonds is 7. The first-order valence-electron chi connectivity index (χ1n) is 7.95. The molecule has 0 saturated heterocycles. The van der Waals surface area contributed by atoms with Gasteiger partial charge < -0.3 is 14.8 Å². The Bertz CT molecular complexity index is 713. The largest absolute Gasteiger partial charge is 0.482 e. The number of nitrogens with one attached hydrogen (secondary N) is 1. The first-order chi connectivity index (χ1) is 12.0. The minimum absolute atomic E-state index is 0.287. The van der Waals surface area contributed by atoms with Gasteiger partial charge in [-0.1, -0.05) is 30.7 Å². The minimum atomic E-state index is -0.924. The highest BCUT2D eigenvalue weighted by Gasteiger charge is 2.18. The van der Waals surface area contributed by atoms with Gasteiger partial charge in [0.25, 0.3) is 5.91 Å². The number of carbonyl (C=O) groups is 2. The smallest absolute Gasteiger partial charge is 0.344 e. The lowest BCUT2D eigenvalue weighted by Crippen LogP contribution is -2.31. The van der Waals surface area contributed by atoms with Crippen molar-refractivity contribution >= 4 is 29.2 Å². The number of hydrogen-bond acceptors (Lipinski definition) is 4. The van der Waals surface area contributed by atoms with Crippen LogP contribution in [-0.2, 0) is 20.7 Å². The summed E-state index contributed by atoms with van der Waals surface area (Å²) in [5, 5.41) is 3.28. The number of benzene rings is 2. The molecule has 6 heteroatoms. The molecule has 0 radical (unpaired) electrons. The Morgan fingerprint density at radius 1 is 1.08 bits per heavy atom. The lowest BCUT2D eigenvalue weighted by Gasteiger charge is -2.14. The van der Waals surface area contributed by atoms with E-state index in [2.05, 4.69) is 12.2 Å². The van der Waals surface area contributed by atoms with Crippen molar-refractivity contribution in [2.75, 3.05) is 11.9 Å². The third-order valence-electron chi connectivity index (χ3n) is 3.48. The summed E-state index contributed by atoms with van der Waals surface area (Å²) in [6.07, 6.45) is 0.00253. The lowest BCUT2D eigenvalue weighted by molar-refractivity contribution is -0.155. The van der Waals surface area contributed by atoms with Gasteiger partial charge in [0.2, 0.25) is 0 Å². The molecule has 132 valence electrons. The normalized spacial score (nSPS) is 11.5. The molecule has 25 heavy (non-hydrogen) atoms. The highest BCUT2D eigenvalue weighted by Crippen LogP contribution is 2.15. The van der Waals surface area contributed by atoms with Crippen molar-refractivity contribution in [2.24, 2.45) is 0 Å². The van der Waals surface area contributed by atoms with Crippen LogP contribution in [0.2, 0.25) is 5.02 Å². The second kappa shape index (κ2) is 9.08. The number of carbonyl (C=O) groups excluding carboxylic acids is 2. The number of esters is 1. The van der Waals surface area contributed by atoms with E-state index in [1.165, 1.54) is 12.5 Å². The van der Waals surface area contributed by atoms with Gasteiger partial charge in [-0.05, 0) is 55.3 Å². The van der Waals surface area contributed by atoms with Crippen molar-refractivity contribution in [1.29, 1.82) is 0 Å². The Labute approximate surface area is 151 Å². The zero-order valence-corrected chi connectivity index (χ0v) is 14.9. The molecular formula is C19H20ClNO4. The molecule has 0 saturated carbocycles. The van der Waals surface area contributed by atoms with E-state index in [4.69, 9.17) is 21.1 Å². The van der Waals surface area contributed by atoms with E-state index in [0.29, 0.717) is 16.5 Å². The molecule has 1 N–H and O–H groups in total. The molecule has 0 heterocycles. The average Bonchev–Trinajstić information content (AvgIpc) is 2.61. The zero-order chi connectivity index (χ0) is 18.2. The fraction of sp³-hybridized carbons (Fsp3) is 0.263. The fourth-order valence-electron chi connectivity index (χ4n) is 2.03. The van der Waals surface area contributed by atoms with E-state index in [0.717, 1.165) is 6.42 Å². The van der Waals surface area contributed by atoms with Crippen molar-refractivity contribution in [3.05, 3.63) is 59.1 Å².